The molecule has 0 aromatic heterocycles. The van der Waals surface area contributed by atoms with Crippen molar-refractivity contribution in [3.8, 4) is 0 Å². The van der Waals surface area contributed by atoms with E-state index in [1.54, 1.807) is 12.1 Å². The second-order valence-corrected chi connectivity index (χ2v) is 8.66. The van der Waals surface area contributed by atoms with Crippen molar-refractivity contribution in [1.82, 2.24) is 5.32 Å². The van der Waals surface area contributed by atoms with Crippen molar-refractivity contribution in [3.05, 3.63) is 65.5 Å². The van der Waals surface area contributed by atoms with Crippen LogP contribution < -0.4 is 9.62 Å². The van der Waals surface area contributed by atoms with Gasteiger partial charge in [-0.15, -0.1) is 0 Å². The van der Waals surface area contributed by atoms with E-state index in [0.29, 0.717) is 23.2 Å². The van der Waals surface area contributed by atoms with Gasteiger partial charge in [0.05, 0.1) is 17.5 Å². The zero-order chi connectivity index (χ0) is 22.5. The van der Waals surface area contributed by atoms with Crippen LogP contribution in [0.1, 0.15) is 24.5 Å². The third-order valence-electron chi connectivity index (χ3n) is 4.37. The molecule has 164 valence electrons. The third-order valence-corrected chi connectivity index (χ3v) is 5.61. The Balaban J connectivity index is 2.07. The Morgan fingerprint density at radius 1 is 1.13 bits per heavy atom. The van der Waals surface area contributed by atoms with Gasteiger partial charge in [-0.25, -0.2) is 12.8 Å². The minimum Gasteiger partial charge on any atom is -0.354 e. The highest BCUT2D eigenvalue weighted by molar-refractivity contribution is 7.92. The van der Waals surface area contributed by atoms with Gasteiger partial charge in [-0.3, -0.25) is 9.10 Å². The van der Waals surface area contributed by atoms with Crippen LogP contribution in [0.4, 0.5) is 23.2 Å². The SMILES string of the molecule is CC(C(=O)NCCCc1ccc(F)cc1)N(c1cccc(C(F)(F)F)c1)S(C)(=O)=O. The first-order chi connectivity index (χ1) is 13.9. The van der Waals surface area contributed by atoms with Crippen LogP contribution in [0.5, 0.6) is 0 Å². The van der Waals surface area contributed by atoms with Crippen LogP contribution in [0.15, 0.2) is 48.5 Å². The first-order valence-corrected chi connectivity index (χ1v) is 10.9. The van der Waals surface area contributed by atoms with E-state index in [2.05, 4.69) is 5.32 Å². The Hall–Kier alpha value is -2.62. The topological polar surface area (TPSA) is 66.5 Å². The number of carbonyl (C=O) groups excluding carboxylic acids is 1. The van der Waals surface area contributed by atoms with E-state index in [1.807, 2.05) is 0 Å². The average molecular weight is 446 g/mol. The summed E-state index contributed by atoms with van der Waals surface area (Å²) in [5.41, 5.74) is -0.387. The van der Waals surface area contributed by atoms with Gasteiger partial charge in [-0.05, 0) is 55.7 Å². The summed E-state index contributed by atoms with van der Waals surface area (Å²) in [4.78, 5) is 12.5. The monoisotopic (exact) mass is 446 g/mol. The predicted molar refractivity (Wildman–Crippen MR) is 106 cm³/mol. The Labute approximate surface area is 172 Å². The smallest absolute Gasteiger partial charge is 0.354 e. The molecule has 0 bridgehead atoms. The molecule has 1 amide bonds. The van der Waals surface area contributed by atoms with Gasteiger partial charge < -0.3 is 5.32 Å². The van der Waals surface area contributed by atoms with Crippen LogP contribution in [-0.2, 0) is 27.4 Å². The van der Waals surface area contributed by atoms with Crippen molar-refractivity contribution in [2.75, 3.05) is 17.1 Å². The Bertz CT molecular complexity index is 976. The predicted octanol–water partition coefficient (Wildman–Crippen LogP) is 3.75. The Morgan fingerprint density at radius 2 is 1.77 bits per heavy atom. The van der Waals surface area contributed by atoms with E-state index in [0.717, 1.165) is 24.0 Å². The molecule has 5 nitrogen and oxygen atoms in total. The summed E-state index contributed by atoms with van der Waals surface area (Å²) < 4.78 is 77.0. The van der Waals surface area contributed by atoms with E-state index >= 15 is 0 Å². The van der Waals surface area contributed by atoms with Crippen LogP contribution in [0.3, 0.4) is 0 Å². The van der Waals surface area contributed by atoms with Gasteiger partial charge >= 0.3 is 6.18 Å². The summed E-state index contributed by atoms with van der Waals surface area (Å²) in [5, 5.41) is 2.59. The highest BCUT2D eigenvalue weighted by atomic mass is 32.2. The molecule has 1 N–H and O–H groups in total. The number of anilines is 1. The molecule has 10 heteroatoms. The molecule has 0 aliphatic carbocycles. The highest BCUT2D eigenvalue weighted by Crippen LogP contribution is 2.32. The van der Waals surface area contributed by atoms with Gasteiger partial charge in [0.2, 0.25) is 15.9 Å². The molecule has 0 heterocycles. The summed E-state index contributed by atoms with van der Waals surface area (Å²) in [5.74, 6) is -0.992. The number of nitrogens with zero attached hydrogens (tertiary/aromatic N) is 1. The van der Waals surface area contributed by atoms with Crippen molar-refractivity contribution in [2.45, 2.75) is 32.0 Å². The number of alkyl halides is 3. The number of hydrogen-bond donors (Lipinski definition) is 1. The number of rotatable bonds is 8. The zero-order valence-corrected chi connectivity index (χ0v) is 17.2. The highest BCUT2D eigenvalue weighted by Gasteiger charge is 2.33. The fourth-order valence-electron chi connectivity index (χ4n) is 2.93. The van der Waals surface area contributed by atoms with Gasteiger partial charge in [0.1, 0.15) is 11.9 Å². The fraction of sp³-hybridized carbons (Fsp3) is 0.350. The summed E-state index contributed by atoms with van der Waals surface area (Å²) in [7, 11) is -4.03. The van der Waals surface area contributed by atoms with Crippen molar-refractivity contribution < 1.29 is 30.8 Å². The number of hydrogen-bond acceptors (Lipinski definition) is 3. The maximum absolute atomic E-state index is 13.0. The van der Waals surface area contributed by atoms with Gasteiger partial charge in [-0.1, -0.05) is 18.2 Å². The fourth-order valence-corrected chi connectivity index (χ4v) is 4.10. The summed E-state index contributed by atoms with van der Waals surface area (Å²) >= 11 is 0. The van der Waals surface area contributed by atoms with Gasteiger partial charge in [-0.2, -0.15) is 13.2 Å². The van der Waals surface area contributed by atoms with Crippen LogP contribution >= 0.6 is 0 Å². The molecule has 0 spiro atoms. The number of benzene rings is 2. The molecule has 0 saturated heterocycles. The summed E-state index contributed by atoms with van der Waals surface area (Å²) in [6, 6.07) is 8.46. The Morgan fingerprint density at radius 3 is 2.33 bits per heavy atom. The van der Waals surface area contributed by atoms with Crippen LogP contribution in [0, 0.1) is 5.82 Å². The van der Waals surface area contributed by atoms with Crippen molar-refractivity contribution in [2.24, 2.45) is 0 Å². The van der Waals surface area contributed by atoms with Crippen LogP contribution in [0.2, 0.25) is 0 Å². The van der Waals surface area contributed by atoms with Crippen molar-refractivity contribution >= 4 is 21.6 Å². The van der Waals surface area contributed by atoms with E-state index in [9.17, 15) is 30.8 Å². The number of carbonyl (C=O) groups is 1. The first-order valence-electron chi connectivity index (χ1n) is 9.08. The number of sulfonamides is 1. The zero-order valence-electron chi connectivity index (χ0n) is 16.4. The lowest BCUT2D eigenvalue weighted by molar-refractivity contribution is -0.137. The molecule has 0 fully saturated rings. The van der Waals surface area contributed by atoms with E-state index in [4.69, 9.17) is 0 Å². The lowest BCUT2D eigenvalue weighted by Crippen LogP contribution is -2.48. The average Bonchev–Trinajstić information content (AvgIpc) is 2.65. The molecule has 0 saturated carbocycles. The minimum atomic E-state index is -4.65. The molecule has 2 rings (SSSR count). The molecule has 0 aliphatic rings. The van der Waals surface area contributed by atoms with Crippen molar-refractivity contribution in [3.63, 3.8) is 0 Å². The maximum atomic E-state index is 13.0. The normalized spacial score (nSPS) is 13.0. The number of aryl methyl sites for hydroxylation is 1. The van der Waals surface area contributed by atoms with Gasteiger partial charge in [0.15, 0.2) is 0 Å². The lowest BCUT2D eigenvalue weighted by atomic mass is 10.1. The summed E-state index contributed by atoms with van der Waals surface area (Å²) in [6.07, 6.45) is -2.73. The molecule has 0 aliphatic heterocycles. The molecule has 1 atom stereocenters. The molecular formula is C20H22F4N2O3S. The Kier molecular flexibility index (Phi) is 7.46. The lowest BCUT2D eigenvalue weighted by Gasteiger charge is -2.28. The van der Waals surface area contributed by atoms with Gasteiger partial charge in [0.25, 0.3) is 0 Å². The third kappa shape index (κ3) is 6.45. The van der Waals surface area contributed by atoms with Crippen molar-refractivity contribution in [1.29, 1.82) is 0 Å². The minimum absolute atomic E-state index is 0.223. The number of amides is 1. The van der Waals surface area contributed by atoms with Crippen LogP contribution in [0.25, 0.3) is 0 Å². The van der Waals surface area contributed by atoms with E-state index in [-0.39, 0.29) is 18.0 Å². The molecule has 2 aromatic rings. The molecule has 2 aromatic carbocycles. The quantitative estimate of drug-likeness (QED) is 0.496. The standard InChI is InChI=1S/C20H22F4N2O3S/c1-14(19(27)25-12-4-5-15-8-10-17(21)11-9-15)26(30(2,28)29)18-7-3-6-16(13-18)20(22,23)24/h3,6-11,13-14H,4-5,12H2,1-2H3,(H,25,27). The largest absolute Gasteiger partial charge is 0.416 e. The molecule has 30 heavy (non-hydrogen) atoms. The van der Waals surface area contributed by atoms with Gasteiger partial charge in [0, 0.05) is 6.54 Å². The molecule has 0 radical (unpaired) electrons. The second kappa shape index (κ2) is 9.46. The maximum Gasteiger partial charge on any atom is 0.416 e. The van der Waals surface area contributed by atoms with E-state index < -0.39 is 33.7 Å². The molecular weight excluding hydrogens is 424 g/mol. The first kappa shape index (κ1) is 23.7. The van der Waals surface area contributed by atoms with Crippen LogP contribution in [-0.4, -0.2) is 33.2 Å². The molecule has 1 unspecified atom stereocenters. The number of halogens is 4. The number of nitrogens with one attached hydrogen (secondary N) is 1. The van der Waals surface area contributed by atoms with E-state index in [1.165, 1.54) is 25.1 Å². The second-order valence-electron chi connectivity index (χ2n) is 6.80. The summed E-state index contributed by atoms with van der Waals surface area (Å²) in [6.45, 7) is 1.53.